The first-order valence-corrected chi connectivity index (χ1v) is 6.48. The smallest absolute Gasteiger partial charge is 0.305 e. The van der Waals surface area contributed by atoms with Gasteiger partial charge >= 0.3 is 18.0 Å². The summed E-state index contributed by atoms with van der Waals surface area (Å²) in [7, 11) is 0. The minimum Gasteiger partial charge on any atom is -0.305 e. The lowest BCUT2D eigenvalue weighted by atomic mass is 9.94. The fourth-order valence-corrected chi connectivity index (χ4v) is 1.96. The molecule has 0 spiro atoms. The Morgan fingerprint density at radius 3 is 2.00 bits per heavy atom. The number of carbonyl (C=O) groups is 1. The number of amides is 1. The number of halogens is 8. The number of hydrogen-bond donors (Lipinski definition) is 0. The van der Waals surface area contributed by atoms with Crippen molar-refractivity contribution < 1.29 is 45.0 Å². The van der Waals surface area contributed by atoms with E-state index in [0.29, 0.717) is 0 Å². The molecule has 0 aliphatic rings. The van der Waals surface area contributed by atoms with Gasteiger partial charge in [-0.3, -0.25) is 4.79 Å². The van der Waals surface area contributed by atoms with Crippen molar-refractivity contribution in [1.82, 2.24) is 0 Å². The Labute approximate surface area is 136 Å². The molecule has 2 atom stereocenters. The Hall–Kier alpha value is -2.17. The summed E-state index contributed by atoms with van der Waals surface area (Å²) >= 11 is 0. The normalized spacial score (nSPS) is 16.0. The van der Waals surface area contributed by atoms with E-state index in [9.17, 15) is 40.1 Å². The molecule has 25 heavy (non-hydrogen) atoms. The molecule has 1 amide bonds. The van der Waals surface area contributed by atoms with Gasteiger partial charge in [-0.1, -0.05) is 24.3 Å². The van der Waals surface area contributed by atoms with Crippen LogP contribution in [-0.2, 0) is 9.74 Å². The van der Waals surface area contributed by atoms with Gasteiger partial charge in [0.25, 0.3) is 5.91 Å². The van der Waals surface area contributed by atoms with Crippen molar-refractivity contribution in [3.63, 3.8) is 0 Å². The maximum atomic E-state index is 14.5. The molecule has 1 aromatic carbocycles. The lowest BCUT2D eigenvalue weighted by molar-refractivity contribution is -0.362. The van der Waals surface area contributed by atoms with E-state index in [-0.39, 0.29) is 10.6 Å². The lowest BCUT2D eigenvalue weighted by Gasteiger charge is -2.36. The Bertz CT molecular complexity index is 601. The summed E-state index contributed by atoms with van der Waals surface area (Å²) in [6.07, 6.45) is -16.4. The van der Waals surface area contributed by atoms with Crippen LogP contribution >= 0.6 is 0 Å². The first-order valence-electron chi connectivity index (χ1n) is 6.48. The van der Waals surface area contributed by atoms with Crippen LogP contribution in [0.3, 0.4) is 0 Å². The highest BCUT2D eigenvalue weighted by atomic mass is 19.4. The van der Waals surface area contributed by atoms with Gasteiger partial charge in [-0.2, -0.15) is 31.3 Å². The van der Waals surface area contributed by atoms with Crippen LogP contribution in [0.2, 0.25) is 0 Å². The van der Waals surface area contributed by atoms with Gasteiger partial charge in [0.1, 0.15) is 0 Å². The van der Waals surface area contributed by atoms with E-state index in [0.717, 1.165) is 18.2 Å². The SMILES string of the molecule is C=CCN(C(=O)C(F)(C(OF)C(F)(F)F)C(F)(F)F)c1ccccc1. The largest absolute Gasteiger partial charge is 0.434 e. The number of anilines is 1. The van der Waals surface area contributed by atoms with Crippen molar-refractivity contribution in [2.24, 2.45) is 0 Å². The quantitative estimate of drug-likeness (QED) is 0.546. The van der Waals surface area contributed by atoms with E-state index >= 15 is 0 Å². The first-order chi connectivity index (χ1) is 11.4. The molecule has 0 aliphatic carbocycles. The molecule has 0 saturated carbocycles. The summed E-state index contributed by atoms with van der Waals surface area (Å²) in [5.74, 6) is -2.69. The molecule has 1 rings (SSSR count). The van der Waals surface area contributed by atoms with E-state index in [1.807, 2.05) is 0 Å². The molecule has 2 unspecified atom stereocenters. The molecule has 0 bridgehead atoms. The van der Waals surface area contributed by atoms with E-state index in [2.05, 4.69) is 11.5 Å². The maximum absolute atomic E-state index is 14.5. The number of hydrogen-bond acceptors (Lipinski definition) is 2. The topological polar surface area (TPSA) is 29.5 Å². The van der Waals surface area contributed by atoms with Crippen LogP contribution in [-0.4, -0.2) is 36.6 Å². The van der Waals surface area contributed by atoms with Crippen molar-refractivity contribution in [1.29, 1.82) is 0 Å². The van der Waals surface area contributed by atoms with Crippen molar-refractivity contribution in [2.75, 3.05) is 11.4 Å². The van der Waals surface area contributed by atoms with Crippen LogP contribution in [0.15, 0.2) is 43.0 Å². The average molecular weight is 377 g/mol. The zero-order valence-corrected chi connectivity index (χ0v) is 12.2. The third kappa shape index (κ3) is 4.09. The first kappa shape index (κ1) is 20.9. The summed E-state index contributed by atoms with van der Waals surface area (Å²) in [4.78, 5) is 14.3. The molecule has 0 aromatic heterocycles. The minimum absolute atomic E-state index is 0.0538. The summed E-state index contributed by atoms with van der Waals surface area (Å²) in [5, 5.41) is 0. The van der Waals surface area contributed by atoms with Gasteiger partial charge in [-0.05, 0) is 16.7 Å². The molecule has 0 saturated heterocycles. The lowest BCUT2D eigenvalue weighted by Crippen LogP contribution is -2.65. The summed E-state index contributed by atoms with van der Waals surface area (Å²) in [6.45, 7) is 2.38. The number of alkyl halides is 7. The zero-order chi connectivity index (χ0) is 19.5. The number of carbonyl (C=O) groups excluding carboxylic acids is 1. The van der Waals surface area contributed by atoms with Crippen molar-refractivity contribution in [3.8, 4) is 0 Å². The second-order valence-electron chi connectivity index (χ2n) is 4.76. The second-order valence-corrected chi connectivity index (χ2v) is 4.76. The van der Waals surface area contributed by atoms with Crippen molar-refractivity contribution >= 4 is 11.6 Å². The van der Waals surface area contributed by atoms with Gasteiger partial charge in [0.15, 0.2) is 0 Å². The van der Waals surface area contributed by atoms with Crippen LogP contribution in [0.5, 0.6) is 0 Å². The molecule has 1 aromatic rings. The molecule has 3 nitrogen and oxygen atoms in total. The Balaban J connectivity index is 3.53. The molecule has 11 heteroatoms. The summed E-state index contributed by atoms with van der Waals surface area (Å²) < 4.78 is 104. The van der Waals surface area contributed by atoms with Gasteiger partial charge in [-0.25, -0.2) is 4.39 Å². The van der Waals surface area contributed by atoms with Gasteiger partial charge in [0.2, 0.25) is 6.10 Å². The molecule has 0 heterocycles. The van der Waals surface area contributed by atoms with E-state index in [1.54, 1.807) is 0 Å². The Morgan fingerprint density at radius 1 is 1.12 bits per heavy atom. The van der Waals surface area contributed by atoms with Gasteiger partial charge < -0.3 is 4.90 Å². The van der Waals surface area contributed by atoms with E-state index in [1.165, 1.54) is 18.2 Å². The fourth-order valence-electron chi connectivity index (χ4n) is 1.96. The van der Waals surface area contributed by atoms with Gasteiger partial charge in [0, 0.05) is 12.2 Å². The number of nitrogens with zero attached hydrogens (tertiary/aromatic N) is 1. The van der Waals surface area contributed by atoms with Crippen LogP contribution in [0, 0.1) is 0 Å². The molecular formula is C14H11F8NO2. The maximum Gasteiger partial charge on any atom is 0.434 e. The van der Waals surface area contributed by atoms with Crippen molar-refractivity contribution in [3.05, 3.63) is 43.0 Å². The highest BCUT2D eigenvalue weighted by Gasteiger charge is 2.75. The molecule has 0 N–H and O–H groups in total. The second kappa shape index (κ2) is 7.38. The van der Waals surface area contributed by atoms with Crippen molar-refractivity contribution in [2.45, 2.75) is 24.1 Å². The van der Waals surface area contributed by atoms with Gasteiger partial charge in [-0.15, -0.1) is 6.58 Å². The summed E-state index contributed by atoms with van der Waals surface area (Å²) in [5.41, 5.74) is -6.06. The van der Waals surface area contributed by atoms with Crippen LogP contribution in [0.4, 0.5) is 40.9 Å². The number of benzene rings is 1. The third-order valence-corrected chi connectivity index (χ3v) is 3.10. The van der Waals surface area contributed by atoms with E-state index < -0.39 is 36.6 Å². The standard InChI is InChI=1S/C14H11F8NO2/c1-2-8-23(9-6-4-3-5-7-9)11(24)12(15,14(19,20)21)10(25-22)13(16,17)18/h2-7,10H,1,8H2. The summed E-state index contributed by atoms with van der Waals surface area (Å²) in [6, 6.07) is 6.00. The highest BCUT2D eigenvalue weighted by Crippen LogP contribution is 2.45. The molecule has 140 valence electrons. The average Bonchev–Trinajstić information content (AvgIpc) is 2.50. The number of rotatable bonds is 6. The monoisotopic (exact) mass is 377 g/mol. The third-order valence-electron chi connectivity index (χ3n) is 3.10. The highest BCUT2D eigenvalue weighted by molar-refractivity contribution is 6.01. The zero-order valence-electron chi connectivity index (χ0n) is 12.2. The predicted molar refractivity (Wildman–Crippen MR) is 70.9 cm³/mol. The van der Waals surface area contributed by atoms with Gasteiger partial charge in [0.05, 0.1) is 0 Å². The Kier molecular flexibility index (Phi) is 6.16. The molecule has 0 aliphatic heterocycles. The molecule has 0 fully saturated rings. The van der Waals surface area contributed by atoms with Crippen LogP contribution in [0.25, 0.3) is 0 Å². The molecular weight excluding hydrogens is 366 g/mol. The molecule has 0 radical (unpaired) electrons. The Morgan fingerprint density at radius 2 is 1.64 bits per heavy atom. The number of para-hydroxylation sites is 1. The van der Waals surface area contributed by atoms with E-state index in [4.69, 9.17) is 0 Å². The van der Waals surface area contributed by atoms with Crippen LogP contribution in [0.1, 0.15) is 0 Å². The predicted octanol–water partition coefficient (Wildman–Crippen LogP) is 4.31. The fraction of sp³-hybridized carbons (Fsp3) is 0.357. The minimum atomic E-state index is -6.41. The van der Waals surface area contributed by atoms with Crippen LogP contribution < -0.4 is 4.90 Å².